The first kappa shape index (κ1) is 12.2. The molecule has 4 nitrogen and oxygen atoms in total. The summed E-state index contributed by atoms with van der Waals surface area (Å²) in [5.41, 5.74) is 1.68. The van der Waals surface area contributed by atoms with Crippen molar-refractivity contribution < 1.29 is 9.59 Å². The number of amides is 2. The number of nitrogens with one attached hydrogen (secondary N) is 1. The smallest absolute Gasteiger partial charge is 0.299 e. The molecule has 0 aromatic heterocycles. The van der Waals surface area contributed by atoms with Crippen LogP contribution in [0.3, 0.4) is 0 Å². The number of hydrogen-bond acceptors (Lipinski definition) is 2. The molecule has 1 aromatic rings. The number of benzene rings is 1. The van der Waals surface area contributed by atoms with Crippen LogP contribution < -0.4 is 5.32 Å². The number of hydrogen-bond donors (Lipinski definition) is 1. The largest absolute Gasteiger partial charge is 0.324 e. The van der Waals surface area contributed by atoms with E-state index in [1.54, 1.807) is 13.8 Å². The molecule has 0 fully saturated rings. The monoisotopic (exact) mass is 242 g/mol. The maximum Gasteiger partial charge on any atom is 0.299 e. The fourth-order valence-corrected chi connectivity index (χ4v) is 1.91. The first-order valence-corrected chi connectivity index (χ1v) is 5.75. The van der Waals surface area contributed by atoms with Gasteiger partial charge in [-0.1, -0.05) is 24.1 Å². The third-order valence-electron chi connectivity index (χ3n) is 2.96. The van der Waals surface area contributed by atoms with Gasteiger partial charge in [0.05, 0.1) is 0 Å². The van der Waals surface area contributed by atoms with Gasteiger partial charge in [0, 0.05) is 12.2 Å². The van der Waals surface area contributed by atoms with Gasteiger partial charge in [-0.3, -0.25) is 9.59 Å². The van der Waals surface area contributed by atoms with Crippen molar-refractivity contribution in [2.75, 3.05) is 5.32 Å². The van der Waals surface area contributed by atoms with Crippen LogP contribution in [0.5, 0.6) is 0 Å². The molecule has 1 heterocycles. The zero-order chi connectivity index (χ0) is 13.1. The molecule has 1 unspecified atom stereocenters. The first-order valence-electron chi connectivity index (χ1n) is 5.75. The van der Waals surface area contributed by atoms with E-state index in [-0.39, 0.29) is 11.8 Å². The maximum absolute atomic E-state index is 11.9. The standard InChI is InChI=1S/C14H14N2O2/c1-3-6-13(17)16-9-11-7-4-5-8-12(11)15-14(18)10(16)2/h4-5,7-8,10H,9H2,1-2H3,(H,15,18). The van der Waals surface area contributed by atoms with Crippen molar-refractivity contribution >= 4 is 17.5 Å². The highest BCUT2D eigenvalue weighted by Crippen LogP contribution is 2.22. The summed E-state index contributed by atoms with van der Waals surface area (Å²) in [4.78, 5) is 25.3. The fraction of sp³-hybridized carbons (Fsp3) is 0.286. The van der Waals surface area contributed by atoms with E-state index in [9.17, 15) is 9.59 Å². The van der Waals surface area contributed by atoms with Gasteiger partial charge in [0.15, 0.2) is 0 Å². The molecule has 18 heavy (non-hydrogen) atoms. The summed E-state index contributed by atoms with van der Waals surface area (Å²) in [5.74, 6) is 4.54. The number of rotatable bonds is 0. The van der Waals surface area contributed by atoms with E-state index in [1.165, 1.54) is 4.90 Å². The van der Waals surface area contributed by atoms with Crippen molar-refractivity contribution in [1.29, 1.82) is 0 Å². The minimum atomic E-state index is -0.522. The van der Waals surface area contributed by atoms with Crippen LogP contribution in [-0.2, 0) is 16.1 Å². The molecule has 0 aliphatic carbocycles. The van der Waals surface area contributed by atoms with Crippen molar-refractivity contribution in [1.82, 2.24) is 4.90 Å². The Kier molecular flexibility index (Phi) is 3.33. The molecule has 1 aromatic carbocycles. The first-order chi connectivity index (χ1) is 8.63. The van der Waals surface area contributed by atoms with E-state index in [2.05, 4.69) is 17.2 Å². The van der Waals surface area contributed by atoms with E-state index in [1.807, 2.05) is 24.3 Å². The summed E-state index contributed by atoms with van der Waals surface area (Å²) < 4.78 is 0. The SMILES string of the molecule is CC#CC(=O)N1Cc2ccccc2NC(=O)C1C. The second kappa shape index (κ2) is 4.92. The van der Waals surface area contributed by atoms with E-state index in [4.69, 9.17) is 0 Å². The predicted molar refractivity (Wildman–Crippen MR) is 68.5 cm³/mol. The van der Waals surface area contributed by atoms with Crippen molar-refractivity contribution in [2.24, 2.45) is 0 Å². The number of nitrogens with zero attached hydrogens (tertiary/aromatic N) is 1. The molecule has 0 radical (unpaired) electrons. The molecule has 2 amide bonds. The Bertz CT molecular complexity index is 554. The lowest BCUT2D eigenvalue weighted by Crippen LogP contribution is -2.42. The molecule has 0 bridgehead atoms. The topological polar surface area (TPSA) is 49.4 Å². The average Bonchev–Trinajstić information content (AvgIpc) is 2.48. The van der Waals surface area contributed by atoms with Gasteiger partial charge in [-0.25, -0.2) is 0 Å². The molecule has 1 N–H and O–H groups in total. The third-order valence-corrected chi connectivity index (χ3v) is 2.96. The minimum absolute atomic E-state index is 0.189. The zero-order valence-electron chi connectivity index (χ0n) is 10.4. The van der Waals surface area contributed by atoms with E-state index < -0.39 is 6.04 Å². The Morgan fingerprint density at radius 2 is 2.17 bits per heavy atom. The molecular formula is C14H14N2O2. The summed E-state index contributed by atoms with van der Waals surface area (Å²) in [5, 5.41) is 2.82. The lowest BCUT2D eigenvalue weighted by molar-refractivity contribution is -0.133. The highest BCUT2D eigenvalue weighted by molar-refractivity contribution is 6.02. The lowest BCUT2D eigenvalue weighted by Gasteiger charge is -2.23. The zero-order valence-corrected chi connectivity index (χ0v) is 10.4. The van der Waals surface area contributed by atoms with Crippen LogP contribution in [0.4, 0.5) is 5.69 Å². The van der Waals surface area contributed by atoms with Crippen molar-refractivity contribution in [3.63, 3.8) is 0 Å². The van der Waals surface area contributed by atoms with Crippen LogP contribution >= 0.6 is 0 Å². The van der Waals surface area contributed by atoms with Crippen molar-refractivity contribution in [3.8, 4) is 11.8 Å². The molecule has 1 aliphatic heterocycles. The number of para-hydroxylation sites is 1. The van der Waals surface area contributed by atoms with Crippen LogP contribution in [0, 0.1) is 11.8 Å². The van der Waals surface area contributed by atoms with Gasteiger partial charge in [0.1, 0.15) is 6.04 Å². The predicted octanol–water partition coefficient (Wildman–Crippen LogP) is 1.38. The summed E-state index contributed by atoms with van der Waals surface area (Å²) in [7, 11) is 0. The fourth-order valence-electron chi connectivity index (χ4n) is 1.91. The Hall–Kier alpha value is -2.28. The molecule has 2 rings (SSSR count). The lowest BCUT2D eigenvalue weighted by atomic mass is 10.1. The van der Waals surface area contributed by atoms with Gasteiger partial charge in [-0.2, -0.15) is 0 Å². The summed E-state index contributed by atoms with van der Waals surface area (Å²) in [6, 6.07) is 6.94. The molecule has 1 aliphatic rings. The van der Waals surface area contributed by atoms with Gasteiger partial charge in [-0.05, 0) is 31.4 Å². The molecular weight excluding hydrogens is 228 g/mol. The summed E-state index contributed by atoms with van der Waals surface area (Å²) >= 11 is 0. The van der Waals surface area contributed by atoms with Crippen LogP contribution in [-0.4, -0.2) is 22.8 Å². The molecule has 0 saturated carbocycles. The van der Waals surface area contributed by atoms with E-state index in [0.717, 1.165) is 11.3 Å². The number of carbonyl (C=O) groups is 2. The van der Waals surface area contributed by atoms with Crippen LogP contribution in [0.25, 0.3) is 0 Å². The number of fused-ring (bicyclic) bond motifs is 1. The molecule has 0 saturated heterocycles. The summed E-state index contributed by atoms with van der Waals surface area (Å²) in [6.07, 6.45) is 0. The Morgan fingerprint density at radius 1 is 1.44 bits per heavy atom. The Labute approximate surface area is 106 Å². The highest BCUT2D eigenvalue weighted by atomic mass is 16.2. The van der Waals surface area contributed by atoms with E-state index >= 15 is 0 Å². The Morgan fingerprint density at radius 3 is 2.89 bits per heavy atom. The van der Waals surface area contributed by atoms with Crippen LogP contribution in [0.2, 0.25) is 0 Å². The quantitative estimate of drug-likeness (QED) is 0.699. The average molecular weight is 242 g/mol. The van der Waals surface area contributed by atoms with Crippen molar-refractivity contribution in [2.45, 2.75) is 26.4 Å². The van der Waals surface area contributed by atoms with Gasteiger partial charge in [-0.15, -0.1) is 0 Å². The molecule has 4 heteroatoms. The summed E-state index contributed by atoms with van der Waals surface area (Å²) in [6.45, 7) is 3.70. The van der Waals surface area contributed by atoms with Crippen molar-refractivity contribution in [3.05, 3.63) is 29.8 Å². The van der Waals surface area contributed by atoms with Gasteiger partial charge in [0.2, 0.25) is 5.91 Å². The Balaban J connectivity index is 2.39. The van der Waals surface area contributed by atoms with Gasteiger partial charge in [0.25, 0.3) is 5.91 Å². The third kappa shape index (κ3) is 2.21. The van der Waals surface area contributed by atoms with Crippen LogP contribution in [0.15, 0.2) is 24.3 Å². The number of anilines is 1. The van der Waals surface area contributed by atoms with E-state index in [0.29, 0.717) is 6.54 Å². The molecule has 0 spiro atoms. The second-order valence-electron chi connectivity index (χ2n) is 4.13. The number of carbonyl (C=O) groups excluding carboxylic acids is 2. The second-order valence-corrected chi connectivity index (χ2v) is 4.13. The van der Waals surface area contributed by atoms with Gasteiger partial charge < -0.3 is 10.2 Å². The van der Waals surface area contributed by atoms with Crippen LogP contribution in [0.1, 0.15) is 19.4 Å². The van der Waals surface area contributed by atoms with Gasteiger partial charge >= 0.3 is 0 Å². The normalized spacial score (nSPS) is 18.0. The molecule has 1 atom stereocenters. The minimum Gasteiger partial charge on any atom is -0.324 e. The highest BCUT2D eigenvalue weighted by Gasteiger charge is 2.29. The molecule has 92 valence electrons. The maximum atomic E-state index is 11.9.